The van der Waals surface area contributed by atoms with Gasteiger partial charge in [0.25, 0.3) is 5.91 Å². The molecule has 5 heteroatoms. The molecule has 5 nitrogen and oxygen atoms in total. The molecule has 1 aromatic heterocycles. The van der Waals surface area contributed by atoms with Crippen LogP contribution in [0, 0.1) is 13.8 Å². The summed E-state index contributed by atoms with van der Waals surface area (Å²) in [6.07, 6.45) is 2.85. The third-order valence-electron chi connectivity index (χ3n) is 7.49. The summed E-state index contributed by atoms with van der Waals surface area (Å²) in [5.41, 5.74) is 7.78. The van der Waals surface area contributed by atoms with Gasteiger partial charge in [-0.05, 0) is 99.0 Å². The Bertz CT molecular complexity index is 1450. The molecule has 0 unspecified atom stereocenters. The van der Waals surface area contributed by atoms with Crippen LogP contribution in [0.25, 0.3) is 10.9 Å². The number of aldehydes is 1. The summed E-state index contributed by atoms with van der Waals surface area (Å²) >= 11 is 0. The Morgan fingerprint density at radius 2 is 1.81 bits per heavy atom. The van der Waals surface area contributed by atoms with Crippen LogP contribution in [0.3, 0.4) is 0 Å². The first-order chi connectivity index (χ1) is 17.8. The summed E-state index contributed by atoms with van der Waals surface area (Å²) in [6, 6.07) is 22.4. The fourth-order valence-electron chi connectivity index (χ4n) is 4.96. The van der Waals surface area contributed by atoms with E-state index in [2.05, 4.69) is 48.0 Å². The number of carbonyl (C=O) groups excluding carboxylic acids is 2. The SMILES string of the molecule is Cc1c(C)n(Cc2ccc(O[C@@H](C)C=O)cc2)c2ccc(C(=O)N[C@@H](C)c3cccc(C4CC4)c3)cc12. The highest BCUT2D eigenvalue weighted by atomic mass is 16.5. The normalized spacial score (nSPS) is 14.8. The van der Waals surface area contributed by atoms with Gasteiger partial charge in [0, 0.05) is 28.7 Å². The zero-order valence-electron chi connectivity index (χ0n) is 22.0. The molecule has 3 aromatic carbocycles. The lowest BCUT2D eigenvalue weighted by Gasteiger charge is -2.16. The first-order valence-corrected chi connectivity index (χ1v) is 13.0. The molecular formula is C32H34N2O3. The van der Waals surface area contributed by atoms with Crippen LogP contribution < -0.4 is 10.1 Å². The molecule has 5 rings (SSSR count). The molecule has 0 aliphatic heterocycles. The molecule has 1 fully saturated rings. The van der Waals surface area contributed by atoms with Crippen LogP contribution in [0.5, 0.6) is 5.75 Å². The van der Waals surface area contributed by atoms with Crippen LogP contribution in [-0.2, 0) is 11.3 Å². The number of ether oxygens (including phenoxy) is 1. The molecule has 190 valence electrons. The Kier molecular flexibility index (Phi) is 6.88. The number of benzene rings is 3. The zero-order chi connectivity index (χ0) is 26.1. The largest absolute Gasteiger partial charge is 0.483 e. The second-order valence-electron chi connectivity index (χ2n) is 10.3. The van der Waals surface area contributed by atoms with Gasteiger partial charge in [-0.25, -0.2) is 0 Å². The first-order valence-electron chi connectivity index (χ1n) is 13.0. The molecule has 37 heavy (non-hydrogen) atoms. The lowest BCUT2D eigenvalue weighted by atomic mass is 10.0. The van der Waals surface area contributed by atoms with Crippen LogP contribution in [-0.4, -0.2) is 22.9 Å². The Labute approximate surface area is 218 Å². The number of amides is 1. The molecule has 1 heterocycles. The summed E-state index contributed by atoms with van der Waals surface area (Å²) in [5.74, 6) is 1.31. The summed E-state index contributed by atoms with van der Waals surface area (Å²) < 4.78 is 7.84. The van der Waals surface area contributed by atoms with E-state index >= 15 is 0 Å². The van der Waals surface area contributed by atoms with E-state index in [1.807, 2.05) is 49.4 Å². The molecule has 1 saturated carbocycles. The van der Waals surface area contributed by atoms with E-state index < -0.39 is 6.10 Å². The Balaban J connectivity index is 1.33. The Morgan fingerprint density at radius 1 is 1.05 bits per heavy atom. The maximum Gasteiger partial charge on any atom is 0.251 e. The predicted octanol–water partition coefficient (Wildman–Crippen LogP) is 6.64. The summed E-state index contributed by atoms with van der Waals surface area (Å²) in [5, 5.41) is 4.28. The smallest absolute Gasteiger partial charge is 0.251 e. The van der Waals surface area contributed by atoms with Gasteiger partial charge in [0.2, 0.25) is 0 Å². The van der Waals surface area contributed by atoms with Crippen molar-refractivity contribution in [2.75, 3.05) is 0 Å². The number of fused-ring (bicyclic) bond motifs is 1. The minimum Gasteiger partial charge on any atom is -0.483 e. The van der Waals surface area contributed by atoms with Gasteiger partial charge in [0.05, 0.1) is 6.04 Å². The van der Waals surface area contributed by atoms with Crippen molar-refractivity contribution < 1.29 is 14.3 Å². The van der Waals surface area contributed by atoms with Gasteiger partial charge in [-0.15, -0.1) is 0 Å². The number of aryl methyl sites for hydroxylation is 1. The topological polar surface area (TPSA) is 60.3 Å². The van der Waals surface area contributed by atoms with Crippen molar-refractivity contribution in [1.29, 1.82) is 0 Å². The van der Waals surface area contributed by atoms with Crippen molar-refractivity contribution >= 4 is 23.1 Å². The van der Waals surface area contributed by atoms with Crippen molar-refractivity contribution in [3.8, 4) is 5.75 Å². The number of hydrogen-bond acceptors (Lipinski definition) is 3. The summed E-state index contributed by atoms with van der Waals surface area (Å²) in [7, 11) is 0. The number of rotatable bonds is 9. The molecule has 0 radical (unpaired) electrons. The number of aromatic nitrogens is 1. The van der Waals surface area contributed by atoms with Crippen molar-refractivity contribution in [1.82, 2.24) is 9.88 Å². The van der Waals surface area contributed by atoms with Gasteiger partial charge in [-0.2, -0.15) is 0 Å². The second kappa shape index (κ2) is 10.3. The molecule has 0 saturated heterocycles. The van der Waals surface area contributed by atoms with E-state index in [0.29, 0.717) is 23.8 Å². The zero-order valence-corrected chi connectivity index (χ0v) is 22.0. The van der Waals surface area contributed by atoms with Crippen molar-refractivity contribution in [3.05, 3.63) is 100 Å². The van der Waals surface area contributed by atoms with Crippen molar-refractivity contribution in [2.24, 2.45) is 0 Å². The minimum absolute atomic E-state index is 0.0591. The van der Waals surface area contributed by atoms with Crippen LogP contribution in [0.1, 0.15) is 77.0 Å². The van der Waals surface area contributed by atoms with E-state index in [0.717, 1.165) is 28.3 Å². The highest BCUT2D eigenvalue weighted by Gasteiger charge is 2.24. The number of hydrogen-bond donors (Lipinski definition) is 1. The van der Waals surface area contributed by atoms with Crippen molar-refractivity contribution in [3.63, 3.8) is 0 Å². The summed E-state index contributed by atoms with van der Waals surface area (Å²) in [6.45, 7) is 8.71. The van der Waals surface area contributed by atoms with Gasteiger partial charge in [-0.3, -0.25) is 9.59 Å². The molecule has 2 atom stereocenters. The monoisotopic (exact) mass is 494 g/mol. The van der Waals surface area contributed by atoms with E-state index in [4.69, 9.17) is 4.74 Å². The average Bonchev–Trinajstić information content (AvgIpc) is 3.74. The van der Waals surface area contributed by atoms with Crippen LogP contribution in [0.4, 0.5) is 0 Å². The lowest BCUT2D eigenvalue weighted by Crippen LogP contribution is -2.26. The molecular weight excluding hydrogens is 460 g/mol. The molecule has 1 N–H and O–H groups in total. The first kappa shape index (κ1) is 24.8. The van der Waals surface area contributed by atoms with E-state index in [1.54, 1.807) is 6.92 Å². The molecule has 0 bridgehead atoms. The number of nitrogens with zero attached hydrogens (tertiary/aromatic N) is 1. The van der Waals surface area contributed by atoms with Gasteiger partial charge >= 0.3 is 0 Å². The highest BCUT2D eigenvalue weighted by Crippen LogP contribution is 2.40. The fourth-order valence-corrected chi connectivity index (χ4v) is 4.96. The quantitative estimate of drug-likeness (QED) is 0.265. The van der Waals surface area contributed by atoms with Gasteiger partial charge < -0.3 is 14.6 Å². The standard InChI is InChI=1S/C32H34N2O3/c1-20(19-35)37-29-13-8-24(9-14-29)18-34-23(4)21(2)30-17-28(12-15-31(30)34)32(36)33-22(3)26-6-5-7-27(16-26)25-10-11-25/h5-9,12-17,19-20,22,25H,10-11,18H2,1-4H3,(H,33,36)/t20-,22-/m0/s1. The fraction of sp³-hybridized carbons (Fsp3) is 0.312. The highest BCUT2D eigenvalue weighted by molar-refractivity contribution is 5.99. The minimum atomic E-state index is -0.466. The van der Waals surface area contributed by atoms with Gasteiger partial charge in [0.1, 0.15) is 5.75 Å². The van der Waals surface area contributed by atoms with Crippen LogP contribution >= 0.6 is 0 Å². The maximum absolute atomic E-state index is 13.2. The van der Waals surface area contributed by atoms with E-state index in [9.17, 15) is 9.59 Å². The summed E-state index contributed by atoms with van der Waals surface area (Å²) in [4.78, 5) is 24.0. The van der Waals surface area contributed by atoms with E-state index in [-0.39, 0.29) is 11.9 Å². The number of carbonyl (C=O) groups is 2. The van der Waals surface area contributed by atoms with Crippen LogP contribution in [0.15, 0.2) is 66.7 Å². The molecule has 1 aliphatic carbocycles. The maximum atomic E-state index is 13.2. The molecule has 1 amide bonds. The third-order valence-corrected chi connectivity index (χ3v) is 7.49. The average molecular weight is 495 g/mol. The van der Waals surface area contributed by atoms with E-state index in [1.165, 1.54) is 29.7 Å². The predicted molar refractivity (Wildman–Crippen MR) is 147 cm³/mol. The molecule has 4 aromatic rings. The Hall–Kier alpha value is -3.86. The van der Waals surface area contributed by atoms with Crippen molar-refractivity contribution in [2.45, 2.75) is 65.1 Å². The lowest BCUT2D eigenvalue weighted by molar-refractivity contribution is -0.113. The van der Waals surface area contributed by atoms with Gasteiger partial charge in [0.15, 0.2) is 12.4 Å². The molecule has 0 spiro atoms. The third kappa shape index (κ3) is 5.31. The molecule has 1 aliphatic rings. The second-order valence-corrected chi connectivity index (χ2v) is 10.3. The van der Waals surface area contributed by atoms with Crippen LogP contribution in [0.2, 0.25) is 0 Å². The Morgan fingerprint density at radius 3 is 2.51 bits per heavy atom. The number of nitrogens with one attached hydrogen (secondary N) is 1. The van der Waals surface area contributed by atoms with Gasteiger partial charge in [-0.1, -0.05) is 36.4 Å².